The van der Waals surface area contributed by atoms with Gasteiger partial charge in [0, 0.05) is 0 Å². The fourth-order valence-corrected chi connectivity index (χ4v) is 1.07. The lowest BCUT2D eigenvalue weighted by Crippen LogP contribution is -2.15. The number of aliphatic hydroxyl groups excluding tert-OH is 1. The smallest absolute Gasteiger partial charge is 0.208 e. The minimum absolute atomic E-state index is 0.0373. The average molecular weight is 216 g/mol. The van der Waals surface area contributed by atoms with E-state index in [0.717, 1.165) is 0 Å². The molecule has 11 heavy (non-hydrogen) atoms. The van der Waals surface area contributed by atoms with Gasteiger partial charge in [-0.1, -0.05) is 0 Å². The Bertz CT molecular complexity index is 190. The van der Waals surface area contributed by atoms with Crippen molar-refractivity contribution in [3.63, 3.8) is 0 Å². The van der Waals surface area contributed by atoms with Crippen LogP contribution in [0.1, 0.15) is 13.8 Å². The Morgan fingerprint density at radius 1 is 1.36 bits per heavy atom. The lowest BCUT2D eigenvalue weighted by Gasteiger charge is -2.31. The molecule has 0 amide bonds. The highest BCUT2D eigenvalue weighted by Crippen LogP contribution is 2.62. The van der Waals surface area contributed by atoms with Gasteiger partial charge < -0.3 is 9.84 Å². The van der Waals surface area contributed by atoms with Gasteiger partial charge in [0.25, 0.3) is 0 Å². The largest absolute Gasteiger partial charge is 0.336 e. The van der Waals surface area contributed by atoms with Gasteiger partial charge in [-0.05, 0) is 26.4 Å². The minimum Gasteiger partial charge on any atom is -0.336 e. The van der Waals surface area contributed by atoms with Crippen LogP contribution in [0.2, 0.25) is 0 Å². The van der Waals surface area contributed by atoms with Crippen LogP contribution in [0.5, 0.6) is 0 Å². The molecule has 0 aliphatic rings. The topological polar surface area (TPSA) is 29.5 Å². The first-order valence-corrected chi connectivity index (χ1v) is 8.17. The molecule has 0 bridgehead atoms. The molecule has 0 saturated heterocycles. The van der Waals surface area contributed by atoms with Crippen LogP contribution in [-0.2, 0) is 4.74 Å². The molecule has 0 rings (SSSR count). The van der Waals surface area contributed by atoms with Crippen molar-refractivity contribution in [3.8, 4) is 0 Å². The Morgan fingerprint density at radius 2 is 1.73 bits per heavy atom. The molecule has 5 heteroatoms. The number of hydrogen-bond donors (Lipinski definition) is 3. The van der Waals surface area contributed by atoms with Crippen LogP contribution >= 0.6 is 30.1 Å². The van der Waals surface area contributed by atoms with E-state index in [9.17, 15) is 5.11 Å². The van der Waals surface area contributed by atoms with Crippen LogP contribution in [0.4, 0.5) is 0 Å². The summed E-state index contributed by atoms with van der Waals surface area (Å²) in [5.41, 5.74) is 0. The summed E-state index contributed by atoms with van der Waals surface area (Å²) in [5, 5.41) is 9.34. The van der Waals surface area contributed by atoms with Crippen molar-refractivity contribution >= 4 is 35.4 Å². The highest BCUT2D eigenvalue weighted by atomic mass is 33.5. The maximum atomic E-state index is 9.41. The zero-order valence-electron chi connectivity index (χ0n) is 7.24. The standard InChI is InChI=1S/C6H16O2S3/c1-5(2)8-6(7)11(3,4,9)10/h5,7,9-10H,1-4H3. The van der Waals surface area contributed by atoms with Gasteiger partial charge in [0.2, 0.25) is 5.24 Å². The lowest BCUT2D eigenvalue weighted by molar-refractivity contribution is 0.181. The second-order valence-electron chi connectivity index (χ2n) is 3.24. The van der Waals surface area contributed by atoms with E-state index in [0.29, 0.717) is 0 Å². The maximum absolute atomic E-state index is 9.41. The normalized spacial score (nSPS) is 16.2. The summed E-state index contributed by atoms with van der Waals surface area (Å²) in [4.78, 5) is 0. The molecule has 0 aliphatic heterocycles. The predicted molar refractivity (Wildman–Crippen MR) is 61.3 cm³/mol. The van der Waals surface area contributed by atoms with E-state index < -0.39 is 6.81 Å². The summed E-state index contributed by atoms with van der Waals surface area (Å²) >= 11 is 8.48. The monoisotopic (exact) mass is 216 g/mol. The van der Waals surface area contributed by atoms with Gasteiger partial charge in [-0.15, -0.1) is 30.1 Å². The summed E-state index contributed by atoms with van der Waals surface area (Å²) in [5.74, 6) is 0. The van der Waals surface area contributed by atoms with Gasteiger partial charge in [0.1, 0.15) is 0 Å². The highest BCUT2D eigenvalue weighted by Gasteiger charge is 2.18. The zero-order chi connectivity index (χ0) is 9.31. The predicted octanol–water partition coefficient (Wildman–Crippen LogP) is 2.35. The number of thiol groups is 2. The molecule has 0 aromatic carbocycles. The van der Waals surface area contributed by atoms with Crippen LogP contribution in [0.15, 0.2) is 0 Å². The molecule has 2 nitrogen and oxygen atoms in total. The van der Waals surface area contributed by atoms with Crippen LogP contribution in [0.3, 0.4) is 0 Å². The van der Waals surface area contributed by atoms with Crippen molar-refractivity contribution in [3.05, 3.63) is 0 Å². The van der Waals surface area contributed by atoms with Crippen LogP contribution in [0, 0.1) is 0 Å². The van der Waals surface area contributed by atoms with E-state index >= 15 is 0 Å². The number of ether oxygens (including phenoxy) is 1. The van der Waals surface area contributed by atoms with E-state index in [1.54, 1.807) is 12.5 Å². The van der Waals surface area contributed by atoms with Crippen molar-refractivity contribution in [1.82, 2.24) is 0 Å². The molecule has 0 atom stereocenters. The minimum atomic E-state index is -2.41. The fourth-order valence-electron chi connectivity index (χ4n) is 0.341. The Balaban J connectivity index is 4.70. The SMILES string of the molecule is CC(C)OC(O)=S(C)(C)(S)S. The molecule has 0 fully saturated rings. The summed E-state index contributed by atoms with van der Waals surface area (Å²) in [6, 6.07) is 0. The van der Waals surface area contributed by atoms with E-state index in [1.165, 1.54) is 0 Å². The molecule has 0 aromatic heterocycles. The average Bonchev–Trinajstić information content (AvgIpc) is 1.57. The van der Waals surface area contributed by atoms with Gasteiger partial charge in [0.15, 0.2) is 0 Å². The molecule has 0 saturated carbocycles. The summed E-state index contributed by atoms with van der Waals surface area (Å²) in [6.45, 7) is 1.28. The van der Waals surface area contributed by atoms with Crippen LogP contribution in [-0.4, -0.2) is 29.0 Å². The van der Waals surface area contributed by atoms with Gasteiger partial charge in [0.05, 0.1) is 6.10 Å². The third-order valence-corrected chi connectivity index (χ3v) is 2.89. The van der Waals surface area contributed by atoms with E-state index in [4.69, 9.17) is 4.74 Å². The molecule has 0 heterocycles. The first kappa shape index (κ1) is 11.8. The summed E-state index contributed by atoms with van der Waals surface area (Å²) in [7, 11) is 0. The molecule has 70 valence electrons. The van der Waals surface area contributed by atoms with Crippen molar-refractivity contribution in [2.75, 3.05) is 12.5 Å². The highest BCUT2D eigenvalue weighted by molar-refractivity contribution is 9.24. The molecule has 0 aromatic rings. The second kappa shape index (κ2) is 3.30. The summed E-state index contributed by atoms with van der Waals surface area (Å²) < 4.78 is 5.09. The zero-order valence-corrected chi connectivity index (χ0v) is 9.84. The van der Waals surface area contributed by atoms with Crippen molar-refractivity contribution in [2.45, 2.75) is 20.0 Å². The lowest BCUT2D eigenvalue weighted by atomic mass is 10.5. The molecular weight excluding hydrogens is 200 g/mol. The number of aliphatic hydroxyl groups is 1. The first-order chi connectivity index (χ1) is 4.60. The summed E-state index contributed by atoms with van der Waals surface area (Å²) in [6.07, 6.45) is 3.49. The molecule has 1 N–H and O–H groups in total. The Hall–Kier alpha value is 0.840. The third kappa shape index (κ3) is 5.14. The van der Waals surface area contributed by atoms with E-state index in [1.807, 2.05) is 13.8 Å². The van der Waals surface area contributed by atoms with Crippen molar-refractivity contribution < 1.29 is 9.84 Å². The molecular formula is C6H16O2S3. The maximum Gasteiger partial charge on any atom is 0.208 e. The van der Waals surface area contributed by atoms with Crippen molar-refractivity contribution in [1.29, 1.82) is 0 Å². The second-order valence-corrected chi connectivity index (χ2v) is 14.7. The quantitative estimate of drug-likeness (QED) is 0.357. The Kier molecular flexibility index (Phi) is 3.55. The molecule has 0 radical (unpaired) electrons. The van der Waals surface area contributed by atoms with Crippen LogP contribution in [0.25, 0.3) is 0 Å². The Labute approximate surface area is 77.8 Å². The van der Waals surface area contributed by atoms with Gasteiger partial charge in [-0.3, -0.25) is 0 Å². The molecule has 0 spiro atoms. The van der Waals surface area contributed by atoms with Gasteiger partial charge in [-0.25, -0.2) is 0 Å². The molecule has 0 aliphatic carbocycles. The Morgan fingerprint density at radius 3 is 1.82 bits per heavy atom. The van der Waals surface area contributed by atoms with Crippen molar-refractivity contribution in [2.24, 2.45) is 0 Å². The number of hydrogen-bond acceptors (Lipinski definition) is 3. The first-order valence-electron chi connectivity index (χ1n) is 3.20. The molecule has 0 unspecified atom stereocenters. The van der Waals surface area contributed by atoms with Gasteiger partial charge >= 0.3 is 0 Å². The van der Waals surface area contributed by atoms with E-state index in [2.05, 4.69) is 23.3 Å². The third-order valence-electron chi connectivity index (χ3n) is 0.842. The van der Waals surface area contributed by atoms with Crippen LogP contribution < -0.4 is 0 Å². The number of rotatable bonds is 1. The van der Waals surface area contributed by atoms with Gasteiger partial charge in [-0.2, -0.15) is 0 Å². The fraction of sp³-hybridized carbons (Fsp3) is 0.833. The van der Waals surface area contributed by atoms with E-state index in [-0.39, 0.29) is 11.3 Å².